The molecule has 34 heavy (non-hydrogen) atoms. The minimum Gasteiger partial charge on any atom is -0.384 e. The van der Waals surface area contributed by atoms with Gasteiger partial charge in [0.15, 0.2) is 0 Å². The lowest BCUT2D eigenvalue weighted by Gasteiger charge is -2.30. The number of aliphatic hydroxyl groups is 1. The van der Waals surface area contributed by atoms with Gasteiger partial charge in [-0.15, -0.1) is 0 Å². The van der Waals surface area contributed by atoms with Gasteiger partial charge in [-0.05, 0) is 58.4 Å². The van der Waals surface area contributed by atoms with Gasteiger partial charge in [-0.25, -0.2) is 14.4 Å². The van der Waals surface area contributed by atoms with Gasteiger partial charge in [-0.2, -0.15) is 8.78 Å². The van der Waals surface area contributed by atoms with E-state index in [0.29, 0.717) is 22.5 Å². The number of carbonyl (C=O) groups excluding carboxylic acids is 1. The van der Waals surface area contributed by atoms with Crippen molar-refractivity contribution in [1.29, 1.82) is 0 Å². The van der Waals surface area contributed by atoms with E-state index in [4.69, 9.17) is 0 Å². The van der Waals surface area contributed by atoms with Crippen molar-refractivity contribution in [2.45, 2.75) is 58.1 Å². The Bertz CT molecular complexity index is 1300. The van der Waals surface area contributed by atoms with E-state index in [0.717, 1.165) is 31.2 Å². The van der Waals surface area contributed by atoms with Crippen LogP contribution < -0.4 is 10.2 Å². The maximum absolute atomic E-state index is 15.3. The summed E-state index contributed by atoms with van der Waals surface area (Å²) in [6.45, 7) is 7.06. The molecule has 0 saturated heterocycles. The summed E-state index contributed by atoms with van der Waals surface area (Å²) >= 11 is 0. The van der Waals surface area contributed by atoms with E-state index in [1.54, 1.807) is 25.8 Å². The number of amides is 1. The van der Waals surface area contributed by atoms with Gasteiger partial charge >= 0.3 is 5.92 Å². The highest BCUT2D eigenvalue weighted by molar-refractivity contribution is 6.07. The minimum absolute atomic E-state index is 0.00952. The van der Waals surface area contributed by atoms with E-state index in [1.165, 1.54) is 12.1 Å². The van der Waals surface area contributed by atoms with Gasteiger partial charge in [-0.3, -0.25) is 4.79 Å². The highest BCUT2D eigenvalue weighted by Crippen LogP contribution is 2.42. The minimum atomic E-state index is -3.79. The standard InChI is InChI=1S/C25H27F3N4O2/c1-12-16-10-17-19(11-20(16)32(6)23(12)33)30-14(3)31-22(17)29-13(2)15-8-7-9-18(21(15)26)25(27,28)24(4,5)34/h7-13,34H,1-6H3,(H,29,30,31)/t12-,13-/m1/s1. The van der Waals surface area contributed by atoms with Crippen LogP contribution in [0.4, 0.5) is 24.7 Å². The number of nitrogens with zero attached hydrogens (tertiary/aromatic N) is 3. The van der Waals surface area contributed by atoms with Crippen LogP contribution >= 0.6 is 0 Å². The second kappa shape index (κ2) is 7.94. The number of alkyl halides is 2. The number of carbonyl (C=O) groups is 1. The molecule has 2 N–H and O–H groups in total. The molecule has 0 spiro atoms. The molecule has 3 aromatic rings. The number of benzene rings is 2. The zero-order chi connectivity index (χ0) is 25.2. The molecule has 0 radical (unpaired) electrons. The number of nitrogens with one attached hydrogen (secondary N) is 1. The molecule has 0 aliphatic carbocycles. The zero-order valence-electron chi connectivity index (χ0n) is 19.9. The van der Waals surface area contributed by atoms with Gasteiger partial charge in [0, 0.05) is 23.7 Å². The molecule has 0 unspecified atom stereocenters. The molecule has 0 saturated carbocycles. The second-order valence-corrected chi connectivity index (χ2v) is 9.37. The second-order valence-electron chi connectivity index (χ2n) is 9.37. The number of hydrogen-bond donors (Lipinski definition) is 2. The maximum atomic E-state index is 15.3. The third-order valence-electron chi connectivity index (χ3n) is 6.44. The van der Waals surface area contributed by atoms with Crippen molar-refractivity contribution in [3.63, 3.8) is 0 Å². The summed E-state index contributed by atoms with van der Waals surface area (Å²) in [5.74, 6) is -4.36. The molecule has 180 valence electrons. The first kappa shape index (κ1) is 23.9. The fraction of sp³-hybridized carbons (Fsp3) is 0.400. The first-order chi connectivity index (χ1) is 15.7. The molecule has 4 rings (SSSR count). The summed E-state index contributed by atoms with van der Waals surface area (Å²) in [6.07, 6.45) is 0. The molecule has 0 bridgehead atoms. The fourth-order valence-corrected chi connectivity index (χ4v) is 4.33. The average Bonchev–Trinajstić information content (AvgIpc) is 2.95. The van der Waals surface area contributed by atoms with Crippen LogP contribution in [-0.4, -0.2) is 33.6 Å². The molecule has 0 fully saturated rings. The summed E-state index contributed by atoms with van der Waals surface area (Å²) in [5, 5.41) is 13.7. The first-order valence-corrected chi connectivity index (χ1v) is 11.0. The van der Waals surface area contributed by atoms with Gasteiger partial charge in [0.05, 0.1) is 23.0 Å². The Labute approximate surface area is 195 Å². The Kier molecular flexibility index (Phi) is 5.59. The molecule has 2 aromatic carbocycles. The van der Waals surface area contributed by atoms with E-state index in [2.05, 4.69) is 15.3 Å². The Morgan fingerprint density at radius 3 is 2.53 bits per heavy atom. The van der Waals surface area contributed by atoms with Crippen LogP contribution in [0, 0.1) is 12.7 Å². The lowest BCUT2D eigenvalue weighted by Crippen LogP contribution is -2.41. The highest BCUT2D eigenvalue weighted by atomic mass is 19.3. The quantitative estimate of drug-likeness (QED) is 0.534. The lowest BCUT2D eigenvalue weighted by molar-refractivity contribution is -0.170. The van der Waals surface area contributed by atoms with Crippen molar-refractivity contribution in [3.8, 4) is 0 Å². The van der Waals surface area contributed by atoms with Crippen LogP contribution in [0.1, 0.15) is 62.2 Å². The molecule has 1 amide bonds. The average molecular weight is 473 g/mol. The number of rotatable bonds is 5. The number of likely N-dealkylation sites (N-methyl/N-ethyl adjacent to an activating group) is 1. The van der Waals surface area contributed by atoms with Crippen molar-refractivity contribution in [2.24, 2.45) is 0 Å². The van der Waals surface area contributed by atoms with Crippen LogP contribution in [0.3, 0.4) is 0 Å². The van der Waals surface area contributed by atoms with Crippen LogP contribution in [0.5, 0.6) is 0 Å². The molecule has 1 aromatic heterocycles. The summed E-state index contributed by atoms with van der Waals surface area (Å²) < 4.78 is 44.7. The number of hydrogen-bond acceptors (Lipinski definition) is 5. The van der Waals surface area contributed by atoms with E-state index in [-0.39, 0.29) is 17.4 Å². The molecule has 1 aliphatic heterocycles. The van der Waals surface area contributed by atoms with E-state index < -0.39 is 28.9 Å². The number of anilines is 2. The number of halogens is 3. The smallest absolute Gasteiger partial charge is 0.303 e. The largest absolute Gasteiger partial charge is 0.384 e. The van der Waals surface area contributed by atoms with Gasteiger partial charge < -0.3 is 15.3 Å². The van der Waals surface area contributed by atoms with Crippen LogP contribution in [-0.2, 0) is 10.7 Å². The highest BCUT2D eigenvalue weighted by Gasteiger charge is 2.49. The first-order valence-electron chi connectivity index (χ1n) is 11.0. The van der Waals surface area contributed by atoms with E-state index >= 15 is 4.39 Å². The third kappa shape index (κ3) is 3.68. The Balaban J connectivity index is 1.77. The monoisotopic (exact) mass is 472 g/mol. The van der Waals surface area contributed by atoms with Crippen molar-refractivity contribution in [2.75, 3.05) is 17.3 Å². The normalized spacial score (nSPS) is 17.3. The predicted octanol–water partition coefficient (Wildman–Crippen LogP) is 5.19. The molecule has 2 atom stereocenters. The molecule has 6 nitrogen and oxygen atoms in total. The Hall–Kier alpha value is -3.20. The molecular weight excluding hydrogens is 445 g/mol. The lowest BCUT2D eigenvalue weighted by atomic mass is 9.91. The summed E-state index contributed by atoms with van der Waals surface area (Å²) in [4.78, 5) is 23.0. The third-order valence-corrected chi connectivity index (χ3v) is 6.44. The summed E-state index contributed by atoms with van der Waals surface area (Å²) in [7, 11) is 1.71. The number of aryl methyl sites for hydroxylation is 1. The Morgan fingerprint density at radius 1 is 1.21 bits per heavy atom. The number of aromatic nitrogens is 2. The van der Waals surface area contributed by atoms with E-state index in [1.807, 2.05) is 19.1 Å². The van der Waals surface area contributed by atoms with Crippen LogP contribution in [0.25, 0.3) is 10.9 Å². The van der Waals surface area contributed by atoms with Crippen molar-refractivity contribution < 1.29 is 23.1 Å². The molecule has 1 aliphatic rings. The zero-order valence-corrected chi connectivity index (χ0v) is 19.9. The Morgan fingerprint density at radius 2 is 1.88 bits per heavy atom. The van der Waals surface area contributed by atoms with Gasteiger partial charge in [-0.1, -0.05) is 12.1 Å². The number of fused-ring (bicyclic) bond motifs is 2. The molecule has 2 heterocycles. The van der Waals surface area contributed by atoms with Gasteiger partial charge in [0.2, 0.25) is 5.91 Å². The van der Waals surface area contributed by atoms with Crippen LogP contribution in [0.2, 0.25) is 0 Å². The molecular formula is C25H27F3N4O2. The fourth-order valence-electron chi connectivity index (χ4n) is 4.33. The van der Waals surface area contributed by atoms with Crippen molar-refractivity contribution >= 4 is 28.3 Å². The topological polar surface area (TPSA) is 78.4 Å². The van der Waals surface area contributed by atoms with Crippen LogP contribution in [0.15, 0.2) is 30.3 Å². The van der Waals surface area contributed by atoms with Crippen molar-refractivity contribution in [3.05, 3.63) is 58.7 Å². The predicted molar refractivity (Wildman–Crippen MR) is 125 cm³/mol. The van der Waals surface area contributed by atoms with E-state index in [9.17, 15) is 18.7 Å². The van der Waals surface area contributed by atoms with Gasteiger partial charge in [0.1, 0.15) is 23.1 Å². The SMILES string of the molecule is Cc1nc(N[C@H](C)c2cccc(C(F)(F)C(C)(C)O)c2F)c2cc3c(cc2n1)N(C)C(=O)[C@@H]3C. The summed E-state index contributed by atoms with van der Waals surface area (Å²) in [5.41, 5.74) is -1.09. The summed E-state index contributed by atoms with van der Waals surface area (Å²) in [6, 6.07) is 6.67. The molecule has 9 heteroatoms. The van der Waals surface area contributed by atoms with Crippen molar-refractivity contribution in [1.82, 2.24) is 9.97 Å². The van der Waals surface area contributed by atoms with Gasteiger partial charge in [0.25, 0.3) is 0 Å². The maximum Gasteiger partial charge on any atom is 0.303 e.